The molecule has 5 nitrogen and oxygen atoms in total. The van der Waals surface area contributed by atoms with Gasteiger partial charge in [-0.15, -0.1) is 0 Å². The van der Waals surface area contributed by atoms with E-state index < -0.39 is 15.9 Å². The van der Waals surface area contributed by atoms with Crippen LogP contribution in [0.5, 0.6) is 0 Å². The molecular weight excluding hydrogens is 230 g/mol. The van der Waals surface area contributed by atoms with E-state index in [4.69, 9.17) is 4.55 Å². The van der Waals surface area contributed by atoms with Crippen LogP contribution in [0.1, 0.15) is 39.5 Å². The second kappa shape index (κ2) is 7.62. The van der Waals surface area contributed by atoms with Crippen molar-refractivity contribution in [3.8, 4) is 0 Å². The molecular formula is C10H21NO4S. The lowest BCUT2D eigenvalue weighted by atomic mass is 9.97. The summed E-state index contributed by atoms with van der Waals surface area (Å²) in [6.45, 7) is 3.99. The minimum absolute atomic E-state index is 0.0262. The van der Waals surface area contributed by atoms with Crippen molar-refractivity contribution in [2.24, 2.45) is 5.92 Å². The van der Waals surface area contributed by atoms with Crippen molar-refractivity contribution in [3.63, 3.8) is 0 Å². The molecule has 0 heterocycles. The lowest BCUT2D eigenvalue weighted by molar-refractivity contribution is -0.125. The highest BCUT2D eigenvalue weighted by atomic mass is 32.2. The van der Waals surface area contributed by atoms with Gasteiger partial charge in [-0.2, -0.15) is 8.42 Å². The smallest absolute Gasteiger partial charge is 0.266 e. The van der Waals surface area contributed by atoms with Gasteiger partial charge < -0.3 is 5.32 Å². The molecule has 0 aliphatic carbocycles. The molecule has 0 aliphatic heterocycles. The Labute approximate surface area is 97.4 Å². The molecule has 0 rings (SSSR count). The highest BCUT2D eigenvalue weighted by molar-refractivity contribution is 7.85. The van der Waals surface area contributed by atoms with Crippen LogP contribution in [-0.2, 0) is 14.9 Å². The molecule has 0 radical (unpaired) electrons. The number of carbonyl (C=O) groups is 1. The van der Waals surface area contributed by atoms with Crippen LogP contribution >= 0.6 is 0 Å². The lowest BCUT2D eigenvalue weighted by Gasteiger charge is -2.14. The molecule has 0 spiro atoms. The molecule has 0 bridgehead atoms. The fourth-order valence-corrected chi connectivity index (χ4v) is 1.91. The SMILES string of the molecule is CCCC(CCC)C(=O)NCCS(=O)(=O)O. The van der Waals surface area contributed by atoms with Crippen molar-refractivity contribution in [2.45, 2.75) is 39.5 Å². The standard InChI is InChI=1S/C10H21NO4S/c1-3-5-9(6-4-2)10(12)11-7-8-16(13,14)15/h9H,3-8H2,1-2H3,(H,11,12)(H,13,14,15). The molecule has 1 amide bonds. The Morgan fingerprint density at radius 1 is 1.25 bits per heavy atom. The average Bonchev–Trinajstić information content (AvgIpc) is 2.15. The molecule has 0 aromatic rings. The van der Waals surface area contributed by atoms with E-state index >= 15 is 0 Å². The summed E-state index contributed by atoms with van der Waals surface area (Å²) in [6.07, 6.45) is 3.48. The first kappa shape index (κ1) is 15.4. The molecule has 0 fully saturated rings. The van der Waals surface area contributed by atoms with Gasteiger partial charge in [0.25, 0.3) is 10.1 Å². The Hall–Kier alpha value is -0.620. The molecule has 96 valence electrons. The molecule has 16 heavy (non-hydrogen) atoms. The Balaban J connectivity index is 4.00. The normalized spacial score (nSPS) is 11.8. The van der Waals surface area contributed by atoms with E-state index in [9.17, 15) is 13.2 Å². The Kier molecular flexibility index (Phi) is 7.33. The van der Waals surface area contributed by atoms with E-state index in [1.54, 1.807) is 0 Å². The lowest BCUT2D eigenvalue weighted by Crippen LogP contribution is -2.34. The maximum Gasteiger partial charge on any atom is 0.266 e. The summed E-state index contributed by atoms with van der Waals surface area (Å²) in [6, 6.07) is 0. The highest BCUT2D eigenvalue weighted by Crippen LogP contribution is 2.13. The fourth-order valence-electron chi connectivity index (χ4n) is 1.55. The predicted molar refractivity (Wildman–Crippen MR) is 62.7 cm³/mol. The number of hydrogen-bond donors (Lipinski definition) is 2. The van der Waals surface area contributed by atoms with Crippen molar-refractivity contribution in [1.82, 2.24) is 5.32 Å². The molecule has 0 saturated carbocycles. The van der Waals surface area contributed by atoms with Crippen LogP contribution in [-0.4, -0.2) is 31.2 Å². The Bertz CT molecular complexity index is 294. The summed E-state index contributed by atoms with van der Waals surface area (Å²) in [4.78, 5) is 11.6. The maximum absolute atomic E-state index is 11.6. The quantitative estimate of drug-likeness (QED) is 0.635. The number of rotatable bonds is 8. The van der Waals surface area contributed by atoms with E-state index in [0.29, 0.717) is 0 Å². The van der Waals surface area contributed by atoms with Crippen LogP contribution in [0.4, 0.5) is 0 Å². The summed E-state index contributed by atoms with van der Waals surface area (Å²) < 4.78 is 29.4. The van der Waals surface area contributed by atoms with Gasteiger partial charge in [0.05, 0.1) is 5.75 Å². The Morgan fingerprint density at radius 3 is 2.12 bits per heavy atom. The molecule has 0 aromatic carbocycles. The molecule has 0 aliphatic rings. The molecule has 0 atom stereocenters. The van der Waals surface area contributed by atoms with Gasteiger partial charge in [0.2, 0.25) is 5.91 Å². The van der Waals surface area contributed by atoms with E-state index in [-0.39, 0.29) is 18.4 Å². The van der Waals surface area contributed by atoms with Gasteiger partial charge in [0, 0.05) is 12.5 Å². The van der Waals surface area contributed by atoms with Gasteiger partial charge in [-0.3, -0.25) is 9.35 Å². The highest BCUT2D eigenvalue weighted by Gasteiger charge is 2.16. The molecule has 0 saturated heterocycles. The fraction of sp³-hybridized carbons (Fsp3) is 0.900. The number of amides is 1. The van der Waals surface area contributed by atoms with Crippen molar-refractivity contribution < 1.29 is 17.8 Å². The van der Waals surface area contributed by atoms with Gasteiger partial charge in [-0.05, 0) is 12.8 Å². The van der Waals surface area contributed by atoms with E-state index in [1.807, 2.05) is 13.8 Å². The van der Waals surface area contributed by atoms with Crippen LogP contribution in [0.25, 0.3) is 0 Å². The van der Waals surface area contributed by atoms with Crippen molar-refractivity contribution in [1.29, 1.82) is 0 Å². The minimum Gasteiger partial charge on any atom is -0.355 e. The third kappa shape index (κ3) is 7.64. The van der Waals surface area contributed by atoms with Gasteiger partial charge in [-0.1, -0.05) is 26.7 Å². The van der Waals surface area contributed by atoms with Crippen LogP contribution in [0.3, 0.4) is 0 Å². The van der Waals surface area contributed by atoms with Crippen LogP contribution in [0, 0.1) is 5.92 Å². The van der Waals surface area contributed by atoms with E-state index in [0.717, 1.165) is 25.7 Å². The van der Waals surface area contributed by atoms with Crippen LogP contribution in [0.15, 0.2) is 0 Å². The summed E-state index contributed by atoms with van der Waals surface area (Å²) in [5, 5.41) is 2.53. The maximum atomic E-state index is 11.6. The number of nitrogens with one attached hydrogen (secondary N) is 1. The van der Waals surface area contributed by atoms with E-state index in [1.165, 1.54) is 0 Å². The van der Waals surface area contributed by atoms with E-state index in [2.05, 4.69) is 5.32 Å². The van der Waals surface area contributed by atoms with Gasteiger partial charge in [0.15, 0.2) is 0 Å². The zero-order chi connectivity index (χ0) is 12.6. The second-order valence-corrected chi connectivity index (χ2v) is 5.42. The molecule has 6 heteroatoms. The monoisotopic (exact) mass is 251 g/mol. The average molecular weight is 251 g/mol. The summed E-state index contributed by atoms with van der Waals surface area (Å²) in [5.74, 6) is -0.590. The first-order valence-corrected chi connectivity index (χ1v) is 7.24. The van der Waals surface area contributed by atoms with Gasteiger partial charge >= 0.3 is 0 Å². The first-order valence-electron chi connectivity index (χ1n) is 5.63. The summed E-state index contributed by atoms with van der Waals surface area (Å²) >= 11 is 0. The Morgan fingerprint density at radius 2 is 1.75 bits per heavy atom. The zero-order valence-electron chi connectivity index (χ0n) is 9.90. The molecule has 2 N–H and O–H groups in total. The third-order valence-electron chi connectivity index (χ3n) is 2.30. The third-order valence-corrected chi connectivity index (χ3v) is 3.02. The van der Waals surface area contributed by atoms with Gasteiger partial charge in [-0.25, -0.2) is 0 Å². The topological polar surface area (TPSA) is 83.5 Å². The number of carbonyl (C=O) groups excluding carboxylic acids is 1. The molecule has 0 aromatic heterocycles. The van der Waals surface area contributed by atoms with Crippen molar-refractivity contribution >= 4 is 16.0 Å². The largest absolute Gasteiger partial charge is 0.355 e. The first-order chi connectivity index (χ1) is 7.40. The van der Waals surface area contributed by atoms with Gasteiger partial charge in [0.1, 0.15) is 0 Å². The summed E-state index contributed by atoms with van der Waals surface area (Å²) in [7, 11) is -3.98. The van der Waals surface area contributed by atoms with Crippen molar-refractivity contribution in [3.05, 3.63) is 0 Å². The second-order valence-electron chi connectivity index (χ2n) is 3.85. The van der Waals surface area contributed by atoms with Crippen molar-refractivity contribution in [2.75, 3.05) is 12.3 Å². The molecule has 0 unspecified atom stereocenters. The van der Waals surface area contributed by atoms with Crippen LogP contribution < -0.4 is 5.32 Å². The van der Waals surface area contributed by atoms with Crippen LogP contribution in [0.2, 0.25) is 0 Å². The predicted octanol–water partition coefficient (Wildman–Crippen LogP) is 1.21. The minimum atomic E-state index is -3.98. The summed E-state index contributed by atoms with van der Waals surface area (Å²) in [5.41, 5.74) is 0. The zero-order valence-corrected chi connectivity index (χ0v) is 10.7. The number of hydrogen-bond acceptors (Lipinski definition) is 3.